The van der Waals surface area contributed by atoms with Crippen LogP contribution in [-0.4, -0.2) is 24.4 Å². The van der Waals surface area contributed by atoms with Gasteiger partial charge in [0.15, 0.2) is 0 Å². The van der Waals surface area contributed by atoms with Gasteiger partial charge in [0.05, 0.1) is 6.10 Å². The Hall–Kier alpha value is -1.13. The molecule has 2 N–H and O–H groups in total. The predicted octanol–water partition coefficient (Wildman–Crippen LogP) is 2.19. The van der Waals surface area contributed by atoms with E-state index in [9.17, 15) is 9.50 Å². The average molecular weight is 239 g/mol. The summed E-state index contributed by atoms with van der Waals surface area (Å²) in [6, 6.07) is 3.98. The Balaban J connectivity index is 1.79. The molecule has 3 nitrogen and oxygen atoms in total. The quantitative estimate of drug-likeness (QED) is 0.846. The van der Waals surface area contributed by atoms with Gasteiger partial charge >= 0.3 is 0 Å². The Morgan fingerprint density at radius 3 is 3.06 bits per heavy atom. The van der Waals surface area contributed by atoms with Crippen molar-refractivity contribution in [1.82, 2.24) is 5.32 Å². The zero-order valence-electron chi connectivity index (χ0n) is 9.79. The minimum absolute atomic E-state index is 0.128. The smallest absolute Gasteiger partial charge is 0.123 e. The molecule has 1 aliphatic rings. The van der Waals surface area contributed by atoms with Crippen LogP contribution in [0.4, 0.5) is 4.39 Å². The molecular formula is C13H18FNO2. The molecule has 0 saturated carbocycles. The van der Waals surface area contributed by atoms with Gasteiger partial charge in [0.25, 0.3) is 0 Å². The lowest BCUT2D eigenvalue weighted by molar-refractivity contribution is 0.0167. The zero-order chi connectivity index (χ0) is 12.1. The van der Waals surface area contributed by atoms with Crippen molar-refractivity contribution in [3.8, 4) is 5.75 Å². The number of phenolic OH excluding ortho intramolecular Hbond substituents is 1. The third-order valence-electron chi connectivity index (χ3n) is 3.00. The number of nitrogens with one attached hydrogen (secondary N) is 1. The minimum atomic E-state index is -0.325. The second-order valence-corrected chi connectivity index (χ2v) is 4.39. The molecule has 0 amide bonds. The molecule has 94 valence electrons. The van der Waals surface area contributed by atoms with Crippen molar-refractivity contribution in [3.63, 3.8) is 0 Å². The van der Waals surface area contributed by atoms with Gasteiger partial charge in [-0.05, 0) is 37.5 Å². The maximum absolute atomic E-state index is 13.0. The number of hydrogen-bond acceptors (Lipinski definition) is 3. The summed E-state index contributed by atoms with van der Waals surface area (Å²) >= 11 is 0. The number of phenols is 1. The molecule has 0 aromatic heterocycles. The summed E-state index contributed by atoms with van der Waals surface area (Å²) in [5, 5.41) is 12.7. The number of benzene rings is 1. The standard InChI is InChI=1S/C13H18FNO2/c14-11-4-5-13(16)10(7-11)8-15-9-12-3-1-2-6-17-12/h4-5,7,12,15-16H,1-3,6,8-9H2. The molecule has 1 aromatic rings. The highest BCUT2D eigenvalue weighted by atomic mass is 19.1. The van der Waals surface area contributed by atoms with Crippen molar-refractivity contribution >= 4 is 0 Å². The lowest BCUT2D eigenvalue weighted by atomic mass is 10.1. The molecule has 1 heterocycles. The first kappa shape index (κ1) is 12.3. The van der Waals surface area contributed by atoms with Gasteiger partial charge in [-0.25, -0.2) is 4.39 Å². The van der Waals surface area contributed by atoms with Crippen LogP contribution in [0, 0.1) is 5.82 Å². The summed E-state index contributed by atoms with van der Waals surface area (Å²) in [4.78, 5) is 0. The fraction of sp³-hybridized carbons (Fsp3) is 0.538. The minimum Gasteiger partial charge on any atom is -0.508 e. The molecule has 1 atom stereocenters. The number of hydrogen-bond donors (Lipinski definition) is 2. The monoisotopic (exact) mass is 239 g/mol. The van der Waals surface area contributed by atoms with Gasteiger partial charge in [0.1, 0.15) is 11.6 Å². The Bertz CT molecular complexity index is 364. The lowest BCUT2D eigenvalue weighted by Gasteiger charge is -2.22. The van der Waals surface area contributed by atoms with Crippen molar-refractivity contribution in [2.75, 3.05) is 13.2 Å². The van der Waals surface area contributed by atoms with Crippen molar-refractivity contribution in [2.24, 2.45) is 0 Å². The molecule has 1 aromatic carbocycles. The van der Waals surface area contributed by atoms with Gasteiger partial charge in [-0.1, -0.05) is 0 Å². The van der Waals surface area contributed by atoms with E-state index in [1.807, 2.05) is 0 Å². The van der Waals surface area contributed by atoms with Crippen LogP contribution in [0.5, 0.6) is 5.75 Å². The molecule has 1 aliphatic heterocycles. The largest absolute Gasteiger partial charge is 0.508 e. The summed E-state index contributed by atoms with van der Waals surface area (Å²) in [6.07, 6.45) is 3.67. The van der Waals surface area contributed by atoms with Gasteiger partial charge in [0, 0.05) is 25.3 Å². The molecular weight excluding hydrogens is 221 g/mol. The maximum atomic E-state index is 13.0. The number of ether oxygens (including phenoxy) is 1. The number of rotatable bonds is 4. The van der Waals surface area contributed by atoms with E-state index in [4.69, 9.17) is 4.74 Å². The predicted molar refractivity (Wildman–Crippen MR) is 63.4 cm³/mol. The maximum Gasteiger partial charge on any atom is 0.123 e. The van der Waals surface area contributed by atoms with E-state index in [2.05, 4.69) is 5.32 Å². The Morgan fingerprint density at radius 1 is 1.41 bits per heavy atom. The highest BCUT2D eigenvalue weighted by Crippen LogP contribution is 2.18. The second kappa shape index (κ2) is 5.98. The van der Waals surface area contributed by atoms with Crippen LogP contribution in [-0.2, 0) is 11.3 Å². The van der Waals surface area contributed by atoms with Crippen LogP contribution in [0.25, 0.3) is 0 Å². The molecule has 0 radical (unpaired) electrons. The van der Waals surface area contributed by atoms with Crippen LogP contribution in [0.1, 0.15) is 24.8 Å². The molecule has 1 unspecified atom stereocenters. The van der Waals surface area contributed by atoms with E-state index in [1.54, 1.807) is 0 Å². The molecule has 2 rings (SSSR count). The third kappa shape index (κ3) is 3.68. The van der Waals surface area contributed by atoms with Gasteiger partial charge < -0.3 is 15.2 Å². The number of halogens is 1. The van der Waals surface area contributed by atoms with E-state index in [1.165, 1.54) is 24.6 Å². The van der Waals surface area contributed by atoms with Crippen LogP contribution < -0.4 is 5.32 Å². The van der Waals surface area contributed by atoms with Crippen LogP contribution in [0.2, 0.25) is 0 Å². The highest BCUT2D eigenvalue weighted by Gasteiger charge is 2.13. The molecule has 17 heavy (non-hydrogen) atoms. The zero-order valence-corrected chi connectivity index (χ0v) is 9.79. The summed E-state index contributed by atoms with van der Waals surface area (Å²) in [6.45, 7) is 2.04. The first-order valence-electron chi connectivity index (χ1n) is 6.05. The molecule has 0 spiro atoms. The van der Waals surface area contributed by atoms with Crippen molar-refractivity contribution in [1.29, 1.82) is 0 Å². The van der Waals surface area contributed by atoms with E-state index in [0.717, 1.165) is 26.0 Å². The summed E-state index contributed by atoms with van der Waals surface area (Å²) in [5.41, 5.74) is 0.584. The Labute approximate surface area is 101 Å². The third-order valence-corrected chi connectivity index (χ3v) is 3.00. The summed E-state index contributed by atoms with van der Waals surface area (Å²) in [5.74, 6) is -0.197. The second-order valence-electron chi connectivity index (χ2n) is 4.39. The summed E-state index contributed by atoms with van der Waals surface area (Å²) in [7, 11) is 0. The fourth-order valence-electron chi connectivity index (χ4n) is 2.03. The topological polar surface area (TPSA) is 41.5 Å². The SMILES string of the molecule is Oc1ccc(F)cc1CNCC1CCCCO1. The Kier molecular flexibility index (Phi) is 4.34. The van der Waals surface area contributed by atoms with Crippen molar-refractivity contribution in [2.45, 2.75) is 31.9 Å². The summed E-state index contributed by atoms with van der Waals surface area (Å²) < 4.78 is 18.5. The first-order chi connectivity index (χ1) is 8.25. The van der Waals surface area contributed by atoms with E-state index < -0.39 is 0 Å². The van der Waals surface area contributed by atoms with Crippen molar-refractivity contribution < 1.29 is 14.2 Å². The normalized spacial score (nSPS) is 20.4. The Morgan fingerprint density at radius 2 is 2.29 bits per heavy atom. The van der Waals surface area contributed by atoms with Crippen LogP contribution in [0.15, 0.2) is 18.2 Å². The van der Waals surface area contributed by atoms with Crippen LogP contribution in [0.3, 0.4) is 0 Å². The molecule has 0 bridgehead atoms. The molecule has 1 fully saturated rings. The number of aromatic hydroxyl groups is 1. The average Bonchev–Trinajstić information content (AvgIpc) is 2.35. The lowest BCUT2D eigenvalue weighted by Crippen LogP contribution is -2.31. The van der Waals surface area contributed by atoms with Gasteiger partial charge in [-0.15, -0.1) is 0 Å². The van der Waals surface area contributed by atoms with Crippen LogP contribution >= 0.6 is 0 Å². The van der Waals surface area contributed by atoms with Crippen molar-refractivity contribution in [3.05, 3.63) is 29.6 Å². The first-order valence-corrected chi connectivity index (χ1v) is 6.05. The van der Waals surface area contributed by atoms with E-state index in [-0.39, 0.29) is 17.7 Å². The van der Waals surface area contributed by atoms with E-state index in [0.29, 0.717) is 12.1 Å². The van der Waals surface area contributed by atoms with Gasteiger partial charge in [-0.2, -0.15) is 0 Å². The molecule has 1 saturated heterocycles. The molecule has 0 aliphatic carbocycles. The fourth-order valence-corrected chi connectivity index (χ4v) is 2.03. The van der Waals surface area contributed by atoms with E-state index >= 15 is 0 Å². The molecule has 4 heteroatoms. The van der Waals surface area contributed by atoms with Gasteiger partial charge in [0.2, 0.25) is 0 Å². The van der Waals surface area contributed by atoms with Gasteiger partial charge in [-0.3, -0.25) is 0 Å². The highest BCUT2D eigenvalue weighted by molar-refractivity contribution is 5.32.